The molecule has 0 saturated carbocycles. The molecule has 1 aromatic rings. The van der Waals surface area contributed by atoms with Gasteiger partial charge in [0.05, 0.1) is 18.1 Å². The van der Waals surface area contributed by atoms with Crippen LogP contribution in [0, 0.1) is 10.1 Å². The smallest absolute Gasteiger partial charge is 0.273 e. The van der Waals surface area contributed by atoms with Crippen molar-refractivity contribution in [3.05, 3.63) is 28.3 Å². The summed E-state index contributed by atoms with van der Waals surface area (Å²) < 4.78 is 31.6. The summed E-state index contributed by atoms with van der Waals surface area (Å²) in [5.41, 5.74) is -0.212. The summed E-state index contributed by atoms with van der Waals surface area (Å²) in [5.74, 6) is -0.0259. The molecule has 1 aromatic carbocycles. The Kier molecular flexibility index (Phi) is 4.45. The number of ether oxygens (including phenoxy) is 1. The van der Waals surface area contributed by atoms with Gasteiger partial charge in [-0.05, 0) is 19.0 Å². The van der Waals surface area contributed by atoms with Gasteiger partial charge in [-0.25, -0.2) is 8.42 Å². The van der Waals surface area contributed by atoms with E-state index in [1.807, 2.05) is 0 Å². The van der Waals surface area contributed by atoms with Gasteiger partial charge in [-0.1, -0.05) is 0 Å². The zero-order valence-corrected chi connectivity index (χ0v) is 12.6. The van der Waals surface area contributed by atoms with Gasteiger partial charge < -0.3 is 10.1 Å². The topological polar surface area (TPSA) is 102 Å². The fraction of sp³-hybridized carbons (Fsp3) is 0.500. The summed E-state index contributed by atoms with van der Waals surface area (Å²) in [5, 5.41) is 13.9. The summed E-state index contributed by atoms with van der Waals surface area (Å²) in [7, 11) is -0.967. The predicted molar refractivity (Wildman–Crippen MR) is 75.9 cm³/mol. The zero-order valence-electron chi connectivity index (χ0n) is 11.8. The summed E-state index contributed by atoms with van der Waals surface area (Å²) >= 11 is 0. The van der Waals surface area contributed by atoms with Crippen LogP contribution in [0.4, 0.5) is 5.69 Å². The number of likely N-dealkylation sites (N-methyl/N-ethyl adjacent to an activating group) is 1. The molecule has 1 fully saturated rings. The van der Waals surface area contributed by atoms with E-state index in [-0.39, 0.29) is 22.4 Å². The summed E-state index contributed by atoms with van der Waals surface area (Å²) in [6, 6.07) is 3.37. The molecule has 8 nitrogen and oxygen atoms in total. The van der Waals surface area contributed by atoms with Crippen LogP contribution in [0.5, 0.6) is 5.75 Å². The molecule has 0 bridgehead atoms. The van der Waals surface area contributed by atoms with Gasteiger partial charge in [0.1, 0.15) is 10.6 Å². The highest BCUT2D eigenvalue weighted by Crippen LogP contribution is 2.31. The number of nitro benzene ring substituents is 1. The van der Waals surface area contributed by atoms with Crippen molar-refractivity contribution in [2.75, 3.05) is 27.2 Å². The fourth-order valence-electron chi connectivity index (χ4n) is 2.28. The highest BCUT2D eigenvalue weighted by atomic mass is 32.2. The molecular weight excluding hydrogens is 298 g/mol. The highest BCUT2D eigenvalue weighted by Gasteiger charge is 2.32. The van der Waals surface area contributed by atoms with Crippen LogP contribution in [-0.2, 0) is 10.0 Å². The van der Waals surface area contributed by atoms with E-state index in [1.165, 1.54) is 24.5 Å². The maximum Gasteiger partial charge on any atom is 0.273 e. The Labute approximate surface area is 122 Å². The number of nitrogens with one attached hydrogen (secondary N) is 1. The monoisotopic (exact) mass is 315 g/mol. The Morgan fingerprint density at radius 3 is 2.71 bits per heavy atom. The molecule has 0 amide bonds. The van der Waals surface area contributed by atoms with E-state index >= 15 is 0 Å². The molecule has 1 heterocycles. The third-order valence-electron chi connectivity index (χ3n) is 3.56. The van der Waals surface area contributed by atoms with Crippen molar-refractivity contribution in [3.63, 3.8) is 0 Å². The first-order chi connectivity index (χ1) is 9.87. The molecule has 21 heavy (non-hydrogen) atoms. The van der Waals surface area contributed by atoms with E-state index < -0.39 is 14.9 Å². The van der Waals surface area contributed by atoms with Gasteiger partial charge in [0.15, 0.2) is 0 Å². The maximum absolute atomic E-state index is 12.6. The van der Waals surface area contributed by atoms with Crippen LogP contribution < -0.4 is 10.1 Å². The van der Waals surface area contributed by atoms with Crippen LogP contribution in [0.2, 0.25) is 0 Å². The number of non-ortho nitro benzene ring substituents is 1. The van der Waals surface area contributed by atoms with Crippen LogP contribution in [0.3, 0.4) is 0 Å². The third-order valence-corrected chi connectivity index (χ3v) is 5.51. The lowest BCUT2D eigenvalue weighted by Crippen LogP contribution is -2.38. The summed E-state index contributed by atoms with van der Waals surface area (Å²) in [6.07, 6.45) is 0.727. The number of nitrogens with zero attached hydrogens (tertiary/aromatic N) is 2. The minimum atomic E-state index is -3.76. The third kappa shape index (κ3) is 2.99. The number of rotatable bonds is 5. The van der Waals surface area contributed by atoms with Gasteiger partial charge in [-0.3, -0.25) is 10.1 Å². The Hall–Kier alpha value is -1.71. The standard InChI is InChI=1S/C12H17N3O5S/c1-14(10-5-6-13-8-10)21(18,19)12-4-3-9(15(16)17)7-11(12)20-2/h3-4,7,10,13H,5-6,8H2,1-2H3. The Balaban J connectivity index is 2.41. The van der Waals surface area contributed by atoms with Crippen molar-refractivity contribution in [1.82, 2.24) is 9.62 Å². The molecule has 1 N–H and O–H groups in total. The van der Waals surface area contributed by atoms with Crippen LogP contribution in [0.1, 0.15) is 6.42 Å². The quantitative estimate of drug-likeness (QED) is 0.630. The van der Waals surface area contributed by atoms with Gasteiger partial charge in [-0.2, -0.15) is 4.31 Å². The fourth-order valence-corrected chi connectivity index (χ4v) is 3.80. The average Bonchev–Trinajstić information content (AvgIpc) is 2.99. The lowest BCUT2D eigenvalue weighted by molar-refractivity contribution is -0.385. The molecule has 0 aliphatic carbocycles. The van der Waals surface area contributed by atoms with E-state index in [2.05, 4.69) is 5.32 Å². The van der Waals surface area contributed by atoms with Crippen LogP contribution in [0.25, 0.3) is 0 Å². The maximum atomic E-state index is 12.6. The molecule has 0 spiro atoms. The minimum Gasteiger partial charge on any atom is -0.495 e. The number of benzene rings is 1. The van der Waals surface area contributed by atoms with Crippen molar-refractivity contribution < 1.29 is 18.1 Å². The highest BCUT2D eigenvalue weighted by molar-refractivity contribution is 7.89. The second kappa shape index (κ2) is 5.96. The molecular formula is C12H17N3O5S. The number of nitro groups is 1. The molecule has 116 valence electrons. The van der Waals surface area contributed by atoms with Crippen LogP contribution in [-0.4, -0.2) is 50.9 Å². The molecule has 1 saturated heterocycles. The van der Waals surface area contributed by atoms with Gasteiger partial charge in [-0.15, -0.1) is 0 Å². The molecule has 1 atom stereocenters. The molecule has 0 radical (unpaired) electrons. The SMILES string of the molecule is COc1cc([N+](=O)[O-])ccc1S(=O)(=O)N(C)C1CCNC1. The van der Waals surface area contributed by atoms with Crippen LogP contribution in [0.15, 0.2) is 23.1 Å². The van der Waals surface area contributed by atoms with E-state index in [0.717, 1.165) is 25.1 Å². The van der Waals surface area contributed by atoms with E-state index in [9.17, 15) is 18.5 Å². The first-order valence-electron chi connectivity index (χ1n) is 6.39. The van der Waals surface area contributed by atoms with Gasteiger partial charge in [0, 0.05) is 25.7 Å². The van der Waals surface area contributed by atoms with Crippen molar-refractivity contribution in [3.8, 4) is 5.75 Å². The Morgan fingerprint density at radius 2 is 2.19 bits per heavy atom. The molecule has 1 aliphatic rings. The second-order valence-electron chi connectivity index (χ2n) is 4.76. The van der Waals surface area contributed by atoms with Gasteiger partial charge in [0.25, 0.3) is 5.69 Å². The minimum absolute atomic E-state index is 0.0259. The lowest BCUT2D eigenvalue weighted by atomic mass is 10.3. The van der Waals surface area contributed by atoms with E-state index in [1.54, 1.807) is 0 Å². The predicted octanol–water partition coefficient (Wildman–Crippen LogP) is 0.586. The molecule has 9 heteroatoms. The Bertz CT molecular complexity index is 640. The van der Waals surface area contributed by atoms with Gasteiger partial charge >= 0.3 is 0 Å². The van der Waals surface area contributed by atoms with E-state index in [0.29, 0.717) is 6.54 Å². The first kappa shape index (κ1) is 15.7. The van der Waals surface area contributed by atoms with E-state index in [4.69, 9.17) is 4.74 Å². The molecule has 2 rings (SSSR count). The Morgan fingerprint density at radius 1 is 1.48 bits per heavy atom. The molecule has 0 aromatic heterocycles. The normalized spacial score (nSPS) is 18.9. The number of hydrogen-bond acceptors (Lipinski definition) is 6. The van der Waals surface area contributed by atoms with Gasteiger partial charge in [0.2, 0.25) is 10.0 Å². The lowest BCUT2D eigenvalue weighted by Gasteiger charge is -2.23. The summed E-state index contributed by atoms with van der Waals surface area (Å²) in [4.78, 5) is 10.1. The van der Waals surface area contributed by atoms with Crippen LogP contribution >= 0.6 is 0 Å². The van der Waals surface area contributed by atoms with Crippen molar-refractivity contribution in [2.24, 2.45) is 0 Å². The zero-order chi connectivity index (χ0) is 15.6. The molecule has 1 unspecified atom stereocenters. The largest absolute Gasteiger partial charge is 0.495 e. The van der Waals surface area contributed by atoms with Crippen molar-refractivity contribution in [1.29, 1.82) is 0 Å². The first-order valence-corrected chi connectivity index (χ1v) is 7.83. The average molecular weight is 315 g/mol. The van der Waals surface area contributed by atoms with Crippen molar-refractivity contribution >= 4 is 15.7 Å². The second-order valence-corrected chi connectivity index (χ2v) is 6.73. The molecule has 1 aliphatic heterocycles. The summed E-state index contributed by atoms with van der Waals surface area (Å²) in [6.45, 7) is 1.35. The number of sulfonamides is 1. The number of methoxy groups -OCH3 is 1. The van der Waals surface area contributed by atoms with Crippen molar-refractivity contribution in [2.45, 2.75) is 17.4 Å². The number of hydrogen-bond donors (Lipinski definition) is 1.